The van der Waals surface area contributed by atoms with Gasteiger partial charge in [-0.2, -0.15) is 0 Å². The van der Waals surface area contributed by atoms with E-state index in [-0.39, 0.29) is 30.5 Å². The molecule has 2 aromatic rings. The average molecular weight is 445 g/mol. The van der Waals surface area contributed by atoms with E-state index < -0.39 is 0 Å². The number of rotatable bonds is 3. The molecule has 31 heavy (non-hydrogen) atoms. The highest BCUT2D eigenvalue weighted by Crippen LogP contribution is 2.27. The molecule has 0 aliphatic carbocycles. The van der Waals surface area contributed by atoms with Gasteiger partial charge in [-0.25, -0.2) is 9.78 Å². The van der Waals surface area contributed by atoms with Crippen molar-refractivity contribution < 1.29 is 14.3 Å². The lowest BCUT2D eigenvalue weighted by Gasteiger charge is -2.36. The number of carbonyl (C=O) groups excluding carboxylic acids is 2. The number of hydrogen-bond acceptors (Lipinski definition) is 5. The van der Waals surface area contributed by atoms with E-state index in [4.69, 9.17) is 4.74 Å². The molecule has 1 aromatic heterocycles. The van der Waals surface area contributed by atoms with Gasteiger partial charge in [-0.3, -0.25) is 9.69 Å². The van der Waals surface area contributed by atoms with Crippen molar-refractivity contribution in [2.75, 3.05) is 42.5 Å². The fourth-order valence-corrected chi connectivity index (χ4v) is 4.24. The number of hydrogen-bond donors (Lipinski definition) is 0. The minimum atomic E-state index is -0.333. The van der Waals surface area contributed by atoms with Gasteiger partial charge in [0, 0.05) is 37.9 Å². The maximum absolute atomic E-state index is 13.0. The third-order valence-corrected chi connectivity index (χ3v) is 5.75. The van der Waals surface area contributed by atoms with E-state index in [1.165, 1.54) is 0 Å². The summed E-state index contributed by atoms with van der Waals surface area (Å²) in [6, 6.07) is 7.66. The number of aromatic nitrogens is 1. The van der Waals surface area contributed by atoms with E-state index in [9.17, 15) is 9.59 Å². The predicted molar refractivity (Wildman–Crippen MR) is 124 cm³/mol. The van der Waals surface area contributed by atoms with E-state index in [0.717, 1.165) is 41.3 Å². The Hall–Kier alpha value is -2.80. The average Bonchev–Trinajstić information content (AvgIpc) is 3.05. The Bertz CT molecular complexity index is 989. The van der Waals surface area contributed by atoms with Gasteiger partial charge in [-0.05, 0) is 62.6 Å². The predicted octanol–water partition coefficient (Wildman–Crippen LogP) is 3.74. The molecule has 0 bridgehead atoms. The largest absolute Gasteiger partial charge is 0.444 e. The number of aryl methyl sites for hydroxylation is 3. The molecular formula is C23H29ClN4O3. The first-order valence-electron chi connectivity index (χ1n) is 10.4. The molecule has 0 radical (unpaired) electrons. The van der Waals surface area contributed by atoms with Crippen molar-refractivity contribution >= 4 is 35.9 Å². The highest BCUT2D eigenvalue weighted by Gasteiger charge is 2.31. The number of ether oxygens (including phenoxy) is 1. The van der Waals surface area contributed by atoms with E-state index >= 15 is 0 Å². The van der Waals surface area contributed by atoms with E-state index in [1.807, 2.05) is 44.0 Å². The van der Waals surface area contributed by atoms with Gasteiger partial charge in [0.05, 0.1) is 12.2 Å². The van der Waals surface area contributed by atoms with Gasteiger partial charge in [0.15, 0.2) is 0 Å². The zero-order chi connectivity index (χ0) is 21.4. The lowest BCUT2D eigenvalue weighted by Crippen LogP contribution is -2.49. The summed E-state index contributed by atoms with van der Waals surface area (Å²) >= 11 is 0. The highest BCUT2D eigenvalue weighted by atomic mass is 35.5. The summed E-state index contributed by atoms with van der Waals surface area (Å²) in [7, 11) is 0. The zero-order valence-corrected chi connectivity index (χ0v) is 19.2. The quantitative estimate of drug-likeness (QED) is 0.721. The van der Waals surface area contributed by atoms with Crippen molar-refractivity contribution in [2.45, 2.75) is 33.8 Å². The second kappa shape index (κ2) is 9.14. The summed E-state index contributed by atoms with van der Waals surface area (Å²) in [6.07, 6.45) is 1.43. The Balaban J connectivity index is 0.00000272. The van der Waals surface area contributed by atoms with Crippen LogP contribution in [0.5, 0.6) is 0 Å². The van der Waals surface area contributed by atoms with Gasteiger partial charge in [-0.15, -0.1) is 12.4 Å². The second-order valence-corrected chi connectivity index (χ2v) is 8.24. The molecule has 1 unspecified atom stereocenters. The van der Waals surface area contributed by atoms with Gasteiger partial charge in [0.2, 0.25) is 0 Å². The number of nitrogens with zero attached hydrogens (tertiary/aromatic N) is 4. The number of cyclic esters (lactones) is 1. The molecule has 2 aliphatic heterocycles. The maximum Gasteiger partial charge on any atom is 0.414 e. The van der Waals surface area contributed by atoms with Crippen LogP contribution < -0.4 is 9.80 Å². The highest BCUT2D eigenvalue weighted by molar-refractivity contribution is 5.96. The van der Waals surface area contributed by atoms with Gasteiger partial charge in [0.1, 0.15) is 11.9 Å². The molecule has 7 nitrogen and oxygen atoms in total. The van der Waals surface area contributed by atoms with Crippen LogP contribution in [0, 0.1) is 20.8 Å². The van der Waals surface area contributed by atoms with Crippen molar-refractivity contribution in [1.82, 2.24) is 9.88 Å². The number of anilines is 2. The maximum atomic E-state index is 13.0. The van der Waals surface area contributed by atoms with Gasteiger partial charge in [-0.1, -0.05) is 6.07 Å². The summed E-state index contributed by atoms with van der Waals surface area (Å²) < 4.78 is 5.22. The van der Waals surface area contributed by atoms with E-state index in [0.29, 0.717) is 25.2 Å². The summed E-state index contributed by atoms with van der Waals surface area (Å²) in [5.74, 6) is 1.02. The van der Waals surface area contributed by atoms with Crippen LogP contribution >= 0.6 is 12.4 Å². The lowest BCUT2D eigenvalue weighted by atomic mass is 10.1. The minimum absolute atomic E-state index is 0. The van der Waals surface area contributed by atoms with Gasteiger partial charge in [0.25, 0.3) is 5.91 Å². The molecule has 0 saturated carbocycles. The first kappa shape index (κ1) is 22.9. The first-order chi connectivity index (χ1) is 14.3. The van der Waals surface area contributed by atoms with Crippen molar-refractivity contribution in [1.29, 1.82) is 0 Å². The van der Waals surface area contributed by atoms with Crippen LogP contribution in [-0.4, -0.2) is 60.7 Å². The van der Waals surface area contributed by atoms with Crippen molar-refractivity contribution in [3.05, 3.63) is 52.7 Å². The molecule has 2 aliphatic rings. The number of carbonyl (C=O) groups is 2. The Morgan fingerprint density at radius 1 is 1.06 bits per heavy atom. The van der Waals surface area contributed by atoms with Crippen LogP contribution in [0.3, 0.4) is 0 Å². The topological polar surface area (TPSA) is 66.0 Å². The SMILES string of the molecule is Cc1cnc(N2CCN(C(=O)c3ccc(N4CC(C)OC4=O)c(C)c3)CC2)c(C)c1.Cl. The summed E-state index contributed by atoms with van der Waals surface area (Å²) in [5, 5.41) is 0. The molecule has 2 fully saturated rings. The van der Waals surface area contributed by atoms with Crippen LogP contribution in [0.2, 0.25) is 0 Å². The summed E-state index contributed by atoms with van der Waals surface area (Å²) in [5.41, 5.74) is 4.66. The van der Waals surface area contributed by atoms with Gasteiger partial charge < -0.3 is 14.5 Å². The Kier molecular flexibility index (Phi) is 6.74. The molecule has 8 heteroatoms. The Morgan fingerprint density at radius 2 is 1.77 bits per heavy atom. The number of piperazine rings is 1. The molecular weight excluding hydrogens is 416 g/mol. The standard InChI is InChI=1S/C23H28N4O3.ClH/c1-15-11-17(3)21(24-13-15)25-7-9-26(10-8-25)22(28)19-5-6-20(16(2)12-19)27-14-18(4)30-23(27)29;/h5-6,11-13,18H,7-10,14H2,1-4H3;1H. The molecule has 3 heterocycles. The molecule has 0 N–H and O–H groups in total. The fourth-order valence-electron chi connectivity index (χ4n) is 4.24. The van der Waals surface area contributed by atoms with Gasteiger partial charge >= 0.3 is 6.09 Å². The van der Waals surface area contributed by atoms with Crippen molar-refractivity contribution in [2.24, 2.45) is 0 Å². The molecule has 1 aromatic carbocycles. The minimum Gasteiger partial charge on any atom is -0.444 e. The molecule has 2 saturated heterocycles. The number of benzene rings is 1. The zero-order valence-electron chi connectivity index (χ0n) is 18.4. The van der Waals surface area contributed by atoms with E-state index in [1.54, 1.807) is 11.0 Å². The van der Waals surface area contributed by atoms with Crippen LogP contribution in [0.1, 0.15) is 34.0 Å². The van der Waals surface area contributed by atoms with Crippen LogP contribution in [-0.2, 0) is 4.74 Å². The molecule has 0 spiro atoms. The Morgan fingerprint density at radius 3 is 2.35 bits per heavy atom. The summed E-state index contributed by atoms with van der Waals surface area (Å²) in [6.45, 7) is 11.3. The number of amides is 2. The molecule has 166 valence electrons. The fraction of sp³-hybridized carbons (Fsp3) is 0.435. The lowest BCUT2D eigenvalue weighted by molar-refractivity contribution is 0.0746. The van der Waals surface area contributed by atoms with Crippen LogP contribution in [0.4, 0.5) is 16.3 Å². The second-order valence-electron chi connectivity index (χ2n) is 8.24. The number of pyridine rings is 1. The molecule has 4 rings (SSSR count). The molecule has 1 atom stereocenters. The Labute approximate surface area is 189 Å². The molecule has 2 amide bonds. The van der Waals surface area contributed by atoms with Crippen molar-refractivity contribution in [3.63, 3.8) is 0 Å². The smallest absolute Gasteiger partial charge is 0.414 e. The van der Waals surface area contributed by atoms with Crippen LogP contribution in [0.15, 0.2) is 30.5 Å². The third-order valence-electron chi connectivity index (χ3n) is 5.75. The van der Waals surface area contributed by atoms with Crippen molar-refractivity contribution in [3.8, 4) is 0 Å². The number of halogens is 1. The third kappa shape index (κ3) is 4.61. The monoisotopic (exact) mass is 444 g/mol. The normalized spacial score (nSPS) is 18.6. The summed E-state index contributed by atoms with van der Waals surface area (Å²) in [4.78, 5) is 35.4. The van der Waals surface area contributed by atoms with E-state index in [2.05, 4.69) is 22.9 Å². The van der Waals surface area contributed by atoms with Crippen LogP contribution in [0.25, 0.3) is 0 Å². The first-order valence-corrected chi connectivity index (χ1v) is 10.4.